The van der Waals surface area contributed by atoms with E-state index in [1.54, 1.807) is 0 Å². The van der Waals surface area contributed by atoms with Crippen LogP contribution in [0.3, 0.4) is 0 Å². The van der Waals surface area contributed by atoms with Crippen LogP contribution in [-0.2, 0) is 10.8 Å². The summed E-state index contributed by atoms with van der Waals surface area (Å²) in [6, 6.07) is 0. The number of rotatable bonds is 8. The van der Waals surface area contributed by atoms with E-state index in [0.717, 1.165) is 11.5 Å². The molecular formula is C12H26OS. The highest BCUT2D eigenvalue weighted by atomic mass is 32.2. The number of hydrogen-bond acceptors (Lipinski definition) is 1. The molecule has 0 bridgehead atoms. The summed E-state index contributed by atoms with van der Waals surface area (Å²) in [5, 5.41) is 0. The van der Waals surface area contributed by atoms with Gasteiger partial charge in [0, 0.05) is 22.3 Å². The SMILES string of the molecule is CCCC(C)CS(=O)CC(C)CCC. The lowest BCUT2D eigenvalue weighted by Crippen LogP contribution is -2.15. The topological polar surface area (TPSA) is 17.1 Å². The molecule has 0 radical (unpaired) electrons. The summed E-state index contributed by atoms with van der Waals surface area (Å²) >= 11 is 0. The predicted octanol–water partition coefficient (Wildman–Crippen LogP) is 3.61. The fourth-order valence-corrected chi connectivity index (χ4v) is 3.59. The van der Waals surface area contributed by atoms with E-state index < -0.39 is 10.8 Å². The Morgan fingerprint density at radius 1 is 0.929 bits per heavy atom. The Kier molecular flexibility index (Phi) is 8.55. The van der Waals surface area contributed by atoms with E-state index in [4.69, 9.17) is 0 Å². The van der Waals surface area contributed by atoms with Gasteiger partial charge in [0.1, 0.15) is 0 Å². The zero-order valence-electron chi connectivity index (χ0n) is 10.2. The Morgan fingerprint density at radius 2 is 1.29 bits per heavy atom. The van der Waals surface area contributed by atoms with Crippen molar-refractivity contribution in [1.29, 1.82) is 0 Å². The standard InChI is InChI=1S/C12H26OS/c1-5-7-11(3)9-14(13)10-12(4)8-6-2/h11-12H,5-10H2,1-4H3. The van der Waals surface area contributed by atoms with Gasteiger partial charge in [0.05, 0.1) is 0 Å². The van der Waals surface area contributed by atoms with Crippen LogP contribution in [0.1, 0.15) is 53.4 Å². The van der Waals surface area contributed by atoms with Crippen molar-refractivity contribution in [1.82, 2.24) is 0 Å². The van der Waals surface area contributed by atoms with Crippen LogP contribution in [0.5, 0.6) is 0 Å². The van der Waals surface area contributed by atoms with Gasteiger partial charge in [-0.25, -0.2) is 0 Å². The lowest BCUT2D eigenvalue weighted by atomic mass is 10.1. The summed E-state index contributed by atoms with van der Waals surface area (Å²) in [5.74, 6) is 3.08. The Hall–Kier alpha value is 0.150. The maximum absolute atomic E-state index is 11.7. The van der Waals surface area contributed by atoms with Gasteiger partial charge in [0.15, 0.2) is 0 Å². The summed E-state index contributed by atoms with van der Waals surface area (Å²) in [7, 11) is -0.583. The van der Waals surface area contributed by atoms with Crippen molar-refractivity contribution in [2.24, 2.45) is 11.8 Å². The summed E-state index contributed by atoms with van der Waals surface area (Å²) in [4.78, 5) is 0. The minimum Gasteiger partial charge on any atom is -0.260 e. The molecule has 1 nitrogen and oxygen atoms in total. The largest absolute Gasteiger partial charge is 0.260 e. The van der Waals surface area contributed by atoms with Crippen molar-refractivity contribution in [3.63, 3.8) is 0 Å². The lowest BCUT2D eigenvalue weighted by Gasteiger charge is -2.13. The highest BCUT2D eigenvalue weighted by Crippen LogP contribution is 2.11. The van der Waals surface area contributed by atoms with Crippen LogP contribution < -0.4 is 0 Å². The van der Waals surface area contributed by atoms with E-state index in [0.29, 0.717) is 11.8 Å². The molecule has 14 heavy (non-hydrogen) atoms. The lowest BCUT2D eigenvalue weighted by molar-refractivity contribution is 0.555. The molecule has 2 atom stereocenters. The van der Waals surface area contributed by atoms with Gasteiger partial charge in [0.2, 0.25) is 0 Å². The first-order valence-electron chi connectivity index (χ1n) is 5.95. The molecule has 0 aromatic rings. The molecule has 0 aliphatic heterocycles. The third-order valence-electron chi connectivity index (χ3n) is 2.50. The normalized spacial score (nSPS) is 17.7. The molecule has 0 aromatic carbocycles. The molecule has 0 amide bonds. The van der Waals surface area contributed by atoms with Gasteiger partial charge >= 0.3 is 0 Å². The maximum Gasteiger partial charge on any atom is 0.0260 e. The van der Waals surface area contributed by atoms with Crippen LogP contribution in [0.4, 0.5) is 0 Å². The quantitative estimate of drug-likeness (QED) is 0.608. The average Bonchev–Trinajstić information content (AvgIpc) is 2.03. The van der Waals surface area contributed by atoms with Gasteiger partial charge in [-0.15, -0.1) is 0 Å². The average molecular weight is 218 g/mol. The van der Waals surface area contributed by atoms with Gasteiger partial charge in [-0.1, -0.05) is 53.4 Å². The van der Waals surface area contributed by atoms with Gasteiger partial charge in [-0.2, -0.15) is 0 Å². The zero-order chi connectivity index (χ0) is 11.0. The summed E-state index contributed by atoms with van der Waals surface area (Å²) in [5.41, 5.74) is 0. The summed E-state index contributed by atoms with van der Waals surface area (Å²) in [6.07, 6.45) is 4.85. The molecule has 0 heterocycles. The zero-order valence-corrected chi connectivity index (χ0v) is 11.0. The first-order chi connectivity index (χ1) is 6.60. The molecule has 0 saturated carbocycles. The van der Waals surface area contributed by atoms with E-state index in [-0.39, 0.29) is 0 Å². The van der Waals surface area contributed by atoms with Crippen molar-refractivity contribution in [3.05, 3.63) is 0 Å². The van der Waals surface area contributed by atoms with E-state index in [1.807, 2.05) is 0 Å². The molecule has 0 aliphatic rings. The van der Waals surface area contributed by atoms with Crippen LogP contribution in [0.25, 0.3) is 0 Å². The second-order valence-corrected chi connectivity index (χ2v) is 6.11. The fraction of sp³-hybridized carbons (Fsp3) is 1.00. The van der Waals surface area contributed by atoms with Crippen molar-refractivity contribution in [3.8, 4) is 0 Å². The second-order valence-electron chi connectivity index (χ2n) is 4.56. The van der Waals surface area contributed by atoms with Gasteiger partial charge < -0.3 is 0 Å². The molecule has 0 saturated heterocycles. The van der Waals surface area contributed by atoms with Crippen LogP contribution in [-0.4, -0.2) is 15.7 Å². The molecular weight excluding hydrogens is 192 g/mol. The highest BCUT2D eigenvalue weighted by Gasteiger charge is 2.10. The van der Waals surface area contributed by atoms with Gasteiger partial charge in [-0.3, -0.25) is 4.21 Å². The Morgan fingerprint density at radius 3 is 1.57 bits per heavy atom. The minimum atomic E-state index is -0.583. The number of hydrogen-bond donors (Lipinski definition) is 0. The minimum absolute atomic E-state index is 0.583. The van der Waals surface area contributed by atoms with Crippen LogP contribution in [0, 0.1) is 11.8 Å². The first kappa shape index (κ1) is 14.2. The third-order valence-corrected chi connectivity index (χ3v) is 4.39. The summed E-state index contributed by atoms with van der Waals surface area (Å²) in [6.45, 7) is 8.82. The van der Waals surface area contributed by atoms with Crippen molar-refractivity contribution < 1.29 is 4.21 Å². The predicted molar refractivity (Wildman–Crippen MR) is 66.0 cm³/mol. The molecule has 2 unspecified atom stereocenters. The molecule has 86 valence electrons. The van der Waals surface area contributed by atoms with Crippen LogP contribution in [0.2, 0.25) is 0 Å². The molecule has 0 aliphatic carbocycles. The Balaban J connectivity index is 3.63. The first-order valence-corrected chi connectivity index (χ1v) is 7.43. The van der Waals surface area contributed by atoms with E-state index >= 15 is 0 Å². The molecule has 0 fully saturated rings. The highest BCUT2D eigenvalue weighted by molar-refractivity contribution is 7.84. The Labute approximate surface area is 92.1 Å². The fourth-order valence-electron chi connectivity index (χ4n) is 1.85. The van der Waals surface area contributed by atoms with Crippen LogP contribution in [0.15, 0.2) is 0 Å². The van der Waals surface area contributed by atoms with Crippen LogP contribution >= 0.6 is 0 Å². The van der Waals surface area contributed by atoms with E-state index in [1.165, 1.54) is 25.7 Å². The third kappa shape index (κ3) is 7.54. The molecule has 0 spiro atoms. The van der Waals surface area contributed by atoms with Crippen molar-refractivity contribution >= 4 is 10.8 Å². The Bertz CT molecular complexity index is 140. The summed E-state index contributed by atoms with van der Waals surface area (Å²) < 4.78 is 11.7. The van der Waals surface area contributed by atoms with Crippen molar-refractivity contribution in [2.75, 3.05) is 11.5 Å². The van der Waals surface area contributed by atoms with Gasteiger partial charge in [0.25, 0.3) is 0 Å². The van der Waals surface area contributed by atoms with Crippen molar-refractivity contribution in [2.45, 2.75) is 53.4 Å². The second kappa shape index (κ2) is 8.46. The molecule has 0 N–H and O–H groups in total. The monoisotopic (exact) mass is 218 g/mol. The maximum atomic E-state index is 11.7. The smallest absolute Gasteiger partial charge is 0.0260 e. The molecule has 2 heteroatoms. The van der Waals surface area contributed by atoms with E-state index in [2.05, 4.69) is 27.7 Å². The van der Waals surface area contributed by atoms with Gasteiger partial charge in [-0.05, 0) is 11.8 Å². The molecule has 0 rings (SSSR count). The molecule has 0 aromatic heterocycles. The van der Waals surface area contributed by atoms with E-state index in [9.17, 15) is 4.21 Å².